The lowest BCUT2D eigenvalue weighted by molar-refractivity contribution is 0.112. The lowest BCUT2D eigenvalue weighted by Crippen LogP contribution is -2.08. The molecule has 3 aromatic carbocycles. The number of aromatic nitrogens is 1. The summed E-state index contributed by atoms with van der Waals surface area (Å²) >= 11 is 0. The number of hydrogen-bond acceptors (Lipinski definition) is 5. The van der Waals surface area contributed by atoms with Crippen molar-refractivity contribution < 1.29 is 13.7 Å². The number of rotatable bonds is 7. The maximum absolute atomic E-state index is 14.5. The Kier molecular flexibility index (Phi) is 5.94. The average molecular weight is 427 g/mol. The van der Waals surface area contributed by atoms with Crippen molar-refractivity contribution in [3.8, 4) is 11.1 Å². The SMILES string of the molecule is Cc1noc(C)c1-c1ccc(Nc2ccc(C=O)cc2F)c(C(=N)Cc2ccccc2)c1. The Bertz CT molecular complexity index is 1280. The fourth-order valence-electron chi connectivity index (χ4n) is 3.70. The number of hydrogen-bond donors (Lipinski definition) is 2. The molecule has 2 N–H and O–H groups in total. The van der Waals surface area contributed by atoms with E-state index < -0.39 is 5.82 Å². The van der Waals surface area contributed by atoms with Crippen LogP contribution in [0, 0.1) is 25.1 Å². The Labute approximate surface area is 185 Å². The number of carbonyl (C=O) groups excluding carboxylic acids is 1. The van der Waals surface area contributed by atoms with Crippen LogP contribution in [0.3, 0.4) is 0 Å². The second kappa shape index (κ2) is 8.98. The molecule has 0 fully saturated rings. The quantitative estimate of drug-likeness (QED) is 0.269. The van der Waals surface area contributed by atoms with Crippen LogP contribution in [0.5, 0.6) is 0 Å². The lowest BCUT2D eigenvalue weighted by atomic mass is 9.95. The number of anilines is 2. The van der Waals surface area contributed by atoms with Gasteiger partial charge < -0.3 is 15.2 Å². The van der Waals surface area contributed by atoms with Crippen LogP contribution in [-0.2, 0) is 6.42 Å². The number of aryl methyl sites for hydroxylation is 2. The van der Waals surface area contributed by atoms with E-state index in [1.165, 1.54) is 12.1 Å². The Morgan fingerprint density at radius 3 is 2.47 bits per heavy atom. The normalized spacial score (nSPS) is 10.7. The van der Waals surface area contributed by atoms with Crippen LogP contribution in [-0.4, -0.2) is 17.2 Å². The van der Waals surface area contributed by atoms with Gasteiger partial charge in [-0.15, -0.1) is 0 Å². The minimum Gasteiger partial charge on any atom is -0.361 e. The predicted octanol–water partition coefficient (Wildman–Crippen LogP) is 6.26. The molecule has 4 rings (SSSR count). The minimum absolute atomic E-state index is 0.231. The van der Waals surface area contributed by atoms with Gasteiger partial charge in [-0.1, -0.05) is 41.6 Å². The summed E-state index contributed by atoms with van der Waals surface area (Å²) in [6, 6.07) is 19.6. The molecule has 0 spiro atoms. The molecule has 0 radical (unpaired) electrons. The van der Waals surface area contributed by atoms with E-state index in [1.54, 1.807) is 6.07 Å². The van der Waals surface area contributed by atoms with Crippen molar-refractivity contribution in [3.05, 3.63) is 101 Å². The Balaban J connectivity index is 1.76. The van der Waals surface area contributed by atoms with Gasteiger partial charge in [-0.2, -0.15) is 0 Å². The van der Waals surface area contributed by atoms with E-state index in [1.807, 2.05) is 62.4 Å². The molecule has 0 aliphatic carbocycles. The molecule has 32 heavy (non-hydrogen) atoms. The topological polar surface area (TPSA) is 79.0 Å². The first-order chi connectivity index (χ1) is 15.5. The summed E-state index contributed by atoms with van der Waals surface area (Å²) in [4.78, 5) is 10.9. The molecule has 6 heteroatoms. The molecule has 4 aromatic rings. The molecule has 0 unspecified atom stereocenters. The molecule has 0 aliphatic heterocycles. The third-order valence-corrected chi connectivity index (χ3v) is 5.29. The molecule has 0 saturated carbocycles. The molecular formula is C26H22FN3O2. The molecule has 0 atom stereocenters. The van der Waals surface area contributed by atoms with Crippen LogP contribution >= 0.6 is 0 Å². The van der Waals surface area contributed by atoms with Crippen molar-refractivity contribution in [2.24, 2.45) is 0 Å². The predicted molar refractivity (Wildman–Crippen MR) is 123 cm³/mol. The first kappa shape index (κ1) is 21.2. The summed E-state index contributed by atoms with van der Waals surface area (Å²) in [6.45, 7) is 3.72. The Hall–Kier alpha value is -4.06. The van der Waals surface area contributed by atoms with Gasteiger partial charge in [0.25, 0.3) is 0 Å². The number of nitrogens with one attached hydrogen (secondary N) is 2. The van der Waals surface area contributed by atoms with Crippen LogP contribution in [0.4, 0.5) is 15.8 Å². The lowest BCUT2D eigenvalue weighted by Gasteiger charge is -2.16. The first-order valence-corrected chi connectivity index (χ1v) is 10.2. The number of benzene rings is 3. The van der Waals surface area contributed by atoms with Gasteiger partial charge in [0.2, 0.25) is 0 Å². The summed E-state index contributed by atoms with van der Waals surface area (Å²) in [6.07, 6.45) is 1.03. The van der Waals surface area contributed by atoms with E-state index in [9.17, 15) is 9.18 Å². The van der Waals surface area contributed by atoms with Crippen molar-refractivity contribution in [2.75, 3.05) is 5.32 Å². The standard InChI is InChI=1S/C26H22FN3O2/c1-16-26(17(2)32-30-16)20-9-11-24(29-25-10-8-19(15-31)12-22(25)27)21(14-20)23(28)13-18-6-4-3-5-7-18/h3-12,14-15,28-29H,13H2,1-2H3. The molecule has 1 aromatic heterocycles. The van der Waals surface area contributed by atoms with Crippen molar-refractivity contribution in [3.63, 3.8) is 0 Å². The van der Waals surface area contributed by atoms with Gasteiger partial charge in [-0.25, -0.2) is 4.39 Å². The van der Waals surface area contributed by atoms with Gasteiger partial charge >= 0.3 is 0 Å². The van der Waals surface area contributed by atoms with Crippen molar-refractivity contribution in [1.29, 1.82) is 5.41 Å². The zero-order valence-electron chi connectivity index (χ0n) is 17.8. The molecule has 160 valence electrons. The van der Waals surface area contributed by atoms with E-state index in [-0.39, 0.29) is 11.3 Å². The highest BCUT2D eigenvalue weighted by atomic mass is 19.1. The van der Waals surface area contributed by atoms with Crippen LogP contribution in [0.2, 0.25) is 0 Å². The molecule has 0 saturated heterocycles. The number of carbonyl (C=O) groups is 1. The zero-order chi connectivity index (χ0) is 22.7. The van der Waals surface area contributed by atoms with E-state index in [0.717, 1.165) is 22.4 Å². The van der Waals surface area contributed by atoms with Crippen LogP contribution < -0.4 is 5.32 Å². The Morgan fingerprint density at radius 1 is 1.06 bits per heavy atom. The average Bonchev–Trinajstić information content (AvgIpc) is 3.14. The smallest absolute Gasteiger partial charge is 0.150 e. The molecule has 0 amide bonds. The van der Waals surface area contributed by atoms with Crippen molar-refractivity contribution in [2.45, 2.75) is 20.3 Å². The fourth-order valence-corrected chi connectivity index (χ4v) is 3.70. The molecule has 0 bridgehead atoms. The number of nitrogens with zero attached hydrogens (tertiary/aromatic N) is 1. The second-order valence-corrected chi connectivity index (χ2v) is 7.58. The van der Waals surface area contributed by atoms with Crippen LogP contribution in [0.15, 0.2) is 71.3 Å². The summed E-state index contributed by atoms with van der Waals surface area (Å²) in [5.74, 6) is 0.157. The number of halogens is 1. The summed E-state index contributed by atoms with van der Waals surface area (Å²) in [5.41, 5.74) is 5.64. The molecular weight excluding hydrogens is 405 g/mol. The van der Waals surface area contributed by atoms with Crippen LogP contribution in [0.1, 0.15) is 32.9 Å². The molecule has 0 aliphatic rings. The third-order valence-electron chi connectivity index (χ3n) is 5.29. The molecule has 5 nitrogen and oxygen atoms in total. The summed E-state index contributed by atoms with van der Waals surface area (Å²) in [7, 11) is 0. The van der Waals surface area contributed by atoms with Crippen molar-refractivity contribution in [1.82, 2.24) is 5.16 Å². The number of aldehydes is 1. The summed E-state index contributed by atoms with van der Waals surface area (Å²) < 4.78 is 19.8. The van der Waals surface area contributed by atoms with Gasteiger partial charge in [0.15, 0.2) is 0 Å². The Morgan fingerprint density at radius 2 is 1.81 bits per heavy atom. The first-order valence-electron chi connectivity index (χ1n) is 10.2. The highest BCUT2D eigenvalue weighted by Gasteiger charge is 2.17. The highest BCUT2D eigenvalue weighted by molar-refractivity contribution is 6.05. The van der Waals surface area contributed by atoms with Gasteiger partial charge in [-0.3, -0.25) is 4.79 Å². The van der Waals surface area contributed by atoms with Gasteiger partial charge in [0.05, 0.1) is 11.4 Å². The zero-order valence-corrected chi connectivity index (χ0v) is 17.8. The van der Waals surface area contributed by atoms with E-state index in [0.29, 0.717) is 35.4 Å². The van der Waals surface area contributed by atoms with Gasteiger partial charge in [-0.05, 0) is 55.3 Å². The maximum atomic E-state index is 14.5. The highest BCUT2D eigenvalue weighted by Crippen LogP contribution is 2.32. The fraction of sp³-hybridized carbons (Fsp3) is 0.115. The second-order valence-electron chi connectivity index (χ2n) is 7.58. The van der Waals surface area contributed by atoms with E-state index in [2.05, 4.69) is 10.5 Å². The van der Waals surface area contributed by atoms with Crippen LogP contribution in [0.25, 0.3) is 11.1 Å². The summed E-state index contributed by atoms with van der Waals surface area (Å²) in [5, 5.41) is 15.9. The monoisotopic (exact) mass is 427 g/mol. The van der Waals surface area contributed by atoms with Crippen molar-refractivity contribution >= 4 is 23.4 Å². The third kappa shape index (κ3) is 4.34. The maximum Gasteiger partial charge on any atom is 0.150 e. The van der Waals surface area contributed by atoms with Gasteiger partial charge in [0.1, 0.15) is 17.9 Å². The van der Waals surface area contributed by atoms with E-state index >= 15 is 0 Å². The largest absolute Gasteiger partial charge is 0.361 e. The van der Waals surface area contributed by atoms with E-state index in [4.69, 9.17) is 9.93 Å². The minimum atomic E-state index is -0.537. The molecule has 1 heterocycles. The van der Waals surface area contributed by atoms with Gasteiger partial charge in [0, 0.05) is 34.5 Å².